The molecular formula is C16H25N3. The lowest BCUT2D eigenvalue weighted by molar-refractivity contribution is -0.0465. The van der Waals surface area contributed by atoms with E-state index in [0.717, 1.165) is 36.0 Å². The van der Waals surface area contributed by atoms with E-state index in [1.54, 1.807) is 0 Å². The molecule has 4 aliphatic rings. The van der Waals surface area contributed by atoms with E-state index in [1.165, 1.54) is 43.4 Å². The fraction of sp³-hybridized carbons (Fsp3) is 0.812. The van der Waals surface area contributed by atoms with Gasteiger partial charge in [-0.1, -0.05) is 0 Å². The first-order chi connectivity index (χ1) is 9.20. The van der Waals surface area contributed by atoms with Gasteiger partial charge < -0.3 is 5.73 Å². The van der Waals surface area contributed by atoms with Crippen molar-refractivity contribution >= 4 is 0 Å². The van der Waals surface area contributed by atoms with Gasteiger partial charge in [0.25, 0.3) is 0 Å². The monoisotopic (exact) mass is 259 g/mol. The Labute approximate surface area is 115 Å². The topological polar surface area (TPSA) is 54.7 Å². The molecule has 1 aromatic rings. The van der Waals surface area contributed by atoms with Crippen LogP contribution in [0.15, 0.2) is 6.20 Å². The average Bonchev–Trinajstić information content (AvgIpc) is 2.73. The number of nitrogens with zero attached hydrogens (tertiary/aromatic N) is 1. The van der Waals surface area contributed by atoms with Crippen molar-refractivity contribution in [3.05, 3.63) is 17.5 Å². The van der Waals surface area contributed by atoms with Crippen molar-refractivity contribution in [3.63, 3.8) is 0 Å². The van der Waals surface area contributed by atoms with Crippen LogP contribution in [0.4, 0.5) is 0 Å². The predicted octanol–water partition coefficient (Wildman–Crippen LogP) is 2.66. The summed E-state index contributed by atoms with van der Waals surface area (Å²) in [5.41, 5.74) is 9.13. The van der Waals surface area contributed by atoms with Crippen molar-refractivity contribution < 1.29 is 0 Å². The standard InChI is InChI=1S/C16H25N3/c1-9-14(8-18-19-9)7-15(17)16-12-3-10-2-11(5-12)6-13(16)4-10/h8,10-13,15-16H,2-7,17H2,1H3,(H,18,19). The second-order valence-electron chi connectivity index (χ2n) is 7.40. The normalized spacial score (nSPS) is 41.7. The van der Waals surface area contributed by atoms with Gasteiger partial charge in [0.1, 0.15) is 0 Å². The smallest absolute Gasteiger partial charge is 0.0522 e. The summed E-state index contributed by atoms with van der Waals surface area (Å²) in [5.74, 6) is 4.72. The largest absolute Gasteiger partial charge is 0.327 e. The number of aryl methyl sites for hydroxylation is 1. The van der Waals surface area contributed by atoms with Crippen LogP contribution in [-0.4, -0.2) is 16.2 Å². The van der Waals surface area contributed by atoms with Gasteiger partial charge >= 0.3 is 0 Å². The minimum absolute atomic E-state index is 0.339. The van der Waals surface area contributed by atoms with Gasteiger partial charge in [-0.15, -0.1) is 0 Å². The first-order valence-corrected chi connectivity index (χ1v) is 7.95. The number of aromatic amines is 1. The van der Waals surface area contributed by atoms with Crippen LogP contribution in [-0.2, 0) is 6.42 Å². The summed E-state index contributed by atoms with van der Waals surface area (Å²) in [5, 5.41) is 7.17. The summed E-state index contributed by atoms with van der Waals surface area (Å²) < 4.78 is 0. The minimum atomic E-state index is 0.339. The lowest BCUT2D eigenvalue weighted by atomic mass is 9.50. The van der Waals surface area contributed by atoms with Crippen molar-refractivity contribution in [1.29, 1.82) is 0 Å². The molecule has 104 valence electrons. The molecule has 3 nitrogen and oxygen atoms in total. The Kier molecular flexibility index (Phi) is 2.73. The van der Waals surface area contributed by atoms with Crippen LogP contribution < -0.4 is 5.73 Å². The lowest BCUT2D eigenvalue weighted by Gasteiger charge is -2.56. The zero-order valence-electron chi connectivity index (χ0n) is 11.8. The van der Waals surface area contributed by atoms with E-state index >= 15 is 0 Å². The highest BCUT2D eigenvalue weighted by atomic mass is 15.1. The van der Waals surface area contributed by atoms with Crippen LogP contribution in [0.25, 0.3) is 0 Å². The SMILES string of the molecule is Cc1[nH]ncc1CC(N)C1C2CC3CC(C2)CC1C3. The fourth-order valence-corrected chi connectivity index (χ4v) is 5.64. The van der Waals surface area contributed by atoms with Gasteiger partial charge in [0, 0.05) is 11.7 Å². The summed E-state index contributed by atoms with van der Waals surface area (Å²) in [7, 11) is 0. The molecule has 1 aromatic heterocycles. The Morgan fingerprint density at radius 3 is 2.37 bits per heavy atom. The molecule has 1 heterocycles. The van der Waals surface area contributed by atoms with Crippen molar-refractivity contribution in [2.45, 2.75) is 51.5 Å². The Hall–Kier alpha value is -0.830. The van der Waals surface area contributed by atoms with Crippen LogP contribution in [0, 0.1) is 36.5 Å². The highest BCUT2D eigenvalue weighted by molar-refractivity contribution is 5.17. The van der Waals surface area contributed by atoms with Crippen molar-refractivity contribution in [3.8, 4) is 0 Å². The van der Waals surface area contributed by atoms with Gasteiger partial charge in [-0.05, 0) is 80.6 Å². The zero-order chi connectivity index (χ0) is 13.0. The number of hydrogen-bond donors (Lipinski definition) is 2. The molecule has 4 fully saturated rings. The molecule has 4 aliphatic carbocycles. The molecule has 4 bridgehead atoms. The highest BCUT2D eigenvalue weighted by Crippen LogP contribution is 2.57. The average molecular weight is 259 g/mol. The number of rotatable bonds is 3. The summed E-state index contributed by atoms with van der Waals surface area (Å²) in [6.45, 7) is 2.10. The van der Waals surface area contributed by atoms with Gasteiger partial charge in [-0.25, -0.2) is 0 Å². The van der Waals surface area contributed by atoms with Gasteiger partial charge in [-0.2, -0.15) is 5.10 Å². The Morgan fingerprint density at radius 2 is 1.84 bits per heavy atom. The molecule has 19 heavy (non-hydrogen) atoms. The number of H-pyrrole nitrogens is 1. The molecule has 1 unspecified atom stereocenters. The van der Waals surface area contributed by atoms with E-state index in [0.29, 0.717) is 6.04 Å². The fourth-order valence-electron chi connectivity index (χ4n) is 5.64. The number of nitrogens with two attached hydrogens (primary N) is 1. The molecule has 0 radical (unpaired) electrons. The third-order valence-electron chi connectivity index (χ3n) is 6.18. The maximum Gasteiger partial charge on any atom is 0.0522 e. The lowest BCUT2D eigenvalue weighted by Crippen LogP contribution is -2.52. The summed E-state index contributed by atoms with van der Waals surface area (Å²) >= 11 is 0. The molecular weight excluding hydrogens is 234 g/mol. The van der Waals surface area contributed by atoms with E-state index in [9.17, 15) is 0 Å². The first kappa shape index (κ1) is 12.0. The number of nitrogens with one attached hydrogen (secondary N) is 1. The van der Waals surface area contributed by atoms with Crippen molar-refractivity contribution in [2.75, 3.05) is 0 Å². The second kappa shape index (κ2) is 4.34. The summed E-state index contributed by atoms with van der Waals surface area (Å²) in [6.07, 6.45) is 10.4. The van der Waals surface area contributed by atoms with Crippen LogP contribution >= 0.6 is 0 Å². The molecule has 0 amide bonds. The molecule has 0 saturated heterocycles. The van der Waals surface area contributed by atoms with E-state index in [4.69, 9.17) is 5.73 Å². The maximum absolute atomic E-state index is 6.62. The molecule has 3 N–H and O–H groups in total. The molecule has 0 aliphatic heterocycles. The third kappa shape index (κ3) is 1.94. The van der Waals surface area contributed by atoms with Crippen LogP contribution in [0.3, 0.4) is 0 Å². The van der Waals surface area contributed by atoms with Crippen molar-refractivity contribution in [2.24, 2.45) is 35.3 Å². The number of aromatic nitrogens is 2. The summed E-state index contributed by atoms with van der Waals surface area (Å²) in [6, 6.07) is 0.339. The molecule has 5 rings (SSSR count). The Morgan fingerprint density at radius 1 is 1.21 bits per heavy atom. The van der Waals surface area contributed by atoms with E-state index < -0.39 is 0 Å². The van der Waals surface area contributed by atoms with Gasteiger partial charge in [0.15, 0.2) is 0 Å². The predicted molar refractivity (Wildman–Crippen MR) is 75.5 cm³/mol. The quantitative estimate of drug-likeness (QED) is 0.877. The molecule has 1 atom stereocenters. The highest BCUT2D eigenvalue weighted by Gasteiger charge is 2.49. The molecule has 4 saturated carbocycles. The molecule has 0 spiro atoms. The Balaban J connectivity index is 1.51. The van der Waals surface area contributed by atoms with E-state index in [1.807, 2.05) is 6.20 Å². The third-order valence-corrected chi connectivity index (χ3v) is 6.18. The van der Waals surface area contributed by atoms with Crippen LogP contribution in [0.1, 0.15) is 43.4 Å². The van der Waals surface area contributed by atoms with Crippen LogP contribution in [0.5, 0.6) is 0 Å². The summed E-state index contributed by atoms with van der Waals surface area (Å²) in [4.78, 5) is 0. The minimum Gasteiger partial charge on any atom is -0.327 e. The first-order valence-electron chi connectivity index (χ1n) is 7.95. The van der Waals surface area contributed by atoms with E-state index in [-0.39, 0.29) is 0 Å². The molecule has 0 aromatic carbocycles. The maximum atomic E-state index is 6.62. The number of hydrogen-bond acceptors (Lipinski definition) is 2. The van der Waals surface area contributed by atoms with Gasteiger partial charge in [-0.3, -0.25) is 5.10 Å². The van der Waals surface area contributed by atoms with E-state index in [2.05, 4.69) is 17.1 Å². The zero-order valence-corrected chi connectivity index (χ0v) is 11.8. The van der Waals surface area contributed by atoms with Crippen molar-refractivity contribution in [1.82, 2.24) is 10.2 Å². The molecule has 3 heteroatoms. The van der Waals surface area contributed by atoms with Crippen LogP contribution in [0.2, 0.25) is 0 Å². The van der Waals surface area contributed by atoms with Gasteiger partial charge in [0.05, 0.1) is 6.20 Å². The second-order valence-corrected chi connectivity index (χ2v) is 7.40. The Bertz CT molecular complexity index is 436. The van der Waals surface area contributed by atoms with Gasteiger partial charge in [0.2, 0.25) is 0 Å².